The number of carboxylic acid groups (broad SMARTS) is 1. The van der Waals surface area contributed by atoms with E-state index >= 15 is 0 Å². The van der Waals surface area contributed by atoms with E-state index in [1.54, 1.807) is 37.3 Å². The highest BCUT2D eigenvalue weighted by atomic mass is 19.1. The molecule has 19 heavy (non-hydrogen) atoms. The van der Waals surface area contributed by atoms with E-state index in [2.05, 4.69) is 0 Å². The molecule has 3 nitrogen and oxygen atoms in total. The summed E-state index contributed by atoms with van der Waals surface area (Å²) in [5.41, 5.74) is 1.27. The molecule has 2 rings (SSSR count). The molecule has 98 valence electrons. The largest absolute Gasteiger partial charge is 0.489 e. The second-order valence-electron chi connectivity index (χ2n) is 4.16. The topological polar surface area (TPSA) is 46.5 Å². The molecule has 4 heteroatoms. The zero-order valence-electron chi connectivity index (χ0n) is 10.4. The fourth-order valence-corrected chi connectivity index (χ4v) is 1.70. The van der Waals surface area contributed by atoms with Crippen molar-refractivity contribution in [1.29, 1.82) is 0 Å². The van der Waals surface area contributed by atoms with Crippen LogP contribution in [0, 0.1) is 12.7 Å². The van der Waals surface area contributed by atoms with Gasteiger partial charge < -0.3 is 9.84 Å². The fraction of sp³-hybridized carbons (Fsp3) is 0.133. The lowest BCUT2D eigenvalue weighted by Crippen LogP contribution is -2.02. The molecule has 0 heterocycles. The molecule has 0 amide bonds. The molecule has 1 N–H and O–H groups in total. The van der Waals surface area contributed by atoms with E-state index in [9.17, 15) is 9.18 Å². The van der Waals surface area contributed by atoms with Gasteiger partial charge in [0.2, 0.25) is 0 Å². The van der Waals surface area contributed by atoms with Gasteiger partial charge in [-0.25, -0.2) is 9.18 Å². The van der Waals surface area contributed by atoms with Crippen molar-refractivity contribution in [3.05, 3.63) is 65.0 Å². The smallest absolute Gasteiger partial charge is 0.336 e. The third kappa shape index (κ3) is 3.10. The summed E-state index contributed by atoms with van der Waals surface area (Å²) in [7, 11) is 0. The minimum atomic E-state index is -1.01. The third-order valence-electron chi connectivity index (χ3n) is 2.79. The number of hydrogen-bond acceptors (Lipinski definition) is 2. The maximum absolute atomic E-state index is 13.4. The number of aryl methyl sites for hydroxylation is 1. The lowest BCUT2D eigenvalue weighted by molar-refractivity contribution is 0.0695. The highest BCUT2D eigenvalue weighted by Gasteiger charge is 2.09. The van der Waals surface area contributed by atoms with Crippen LogP contribution in [-0.4, -0.2) is 11.1 Å². The summed E-state index contributed by atoms with van der Waals surface area (Å²) in [6, 6.07) is 11.1. The van der Waals surface area contributed by atoms with E-state index in [0.717, 1.165) is 0 Å². The molecule has 0 aliphatic heterocycles. The molecule has 0 saturated heterocycles. The van der Waals surface area contributed by atoms with Crippen molar-refractivity contribution in [1.82, 2.24) is 0 Å². The standard InChI is InChI=1S/C15H13FO3/c1-10-6-7-12(8-13(10)15(17)18)19-9-11-4-2-3-5-14(11)16/h2-8H,9H2,1H3,(H,17,18). The van der Waals surface area contributed by atoms with Crippen LogP contribution in [0.4, 0.5) is 4.39 Å². The molecule has 0 saturated carbocycles. The summed E-state index contributed by atoms with van der Waals surface area (Å²) < 4.78 is 18.8. The van der Waals surface area contributed by atoms with E-state index in [1.807, 2.05) is 0 Å². The number of rotatable bonds is 4. The molecule has 0 atom stereocenters. The summed E-state index contributed by atoms with van der Waals surface area (Å²) in [6.45, 7) is 1.78. The average molecular weight is 260 g/mol. The first-order valence-electron chi connectivity index (χ1n) is 5.78. The first kappa shape index (κ1) is 13.1. The van der Waals surface area contributed by atoms with E-state index in [4.69, 9.17) is 9.84 Å². The normalized spacial score (nSPS) is 10.2. The van der Waals surface area contributed by atoms with E-state index < -0.39 is 5.97 Å². The number of carbonyl (C=O) groups is 1. The number of benzene rings is 2. The van der Waals surface area contributed by atoms with Crippen LogP contribution < -0.4 is 4.74 Å². The van der Waals surface area contributed by atoms with Gasteiger partial charge in [0.15, 0.2) is 0 Å². The Kier molecular flexibility index (Phi) is 3.80. The summed E-state index contributed by atoms with van der Waals surface area (Å²) in [6.07, 6.45) is 0. The number of aromatic carboxylic acids is 1. The quantitative estimate of drug-likeness (QED) is 0.916. The number of halogens is 1. The van der Waals surface area contributed by atoms with Crippen LogP contribution in [0.25, 0.3) is 0 Å². The number of ether oxygens (including phenoxy) is 1. The van der Waals surface area contributed by atoms with Crippen molar-refractivity contribution in [3.63, 3.8) is 0 Å². The Balaban J connectivity index is 2.14. The molecule has 2 aromatic rings. The first-order valence-corrected chi connectivity index (χ1v) is 5.78. The van der Waals surface area contributed by atoms with Crippen LogP contribution in [0.15, 0.2) is 42.5 Å². The van der Waals surface area contributed by atoms with Crippen LogP contribution in [0.2, 0.25) is 0 Å². The van der Waals surface area contributed by atoms with Crippen molar-refractivity contribution >= 4 is 5.97 Å². The Morgan fingerprint density at radius 2 is 2.00 bits per heavy atom. The lowest BCUT2D eigenvalue weighted by atomic mass is 10.1. The zero-order chi connectivity index (χ0) is 13.8. The van der Waals surface area contributed by atoms with E-state index in [-0.39, 0.29) is 18.0 Å². The Morgan fingerprint density at radius 1 is 1.26 bits per heavy atom. The highest BCUT2D eigenvalue weighted by Crippen LogP contribution is 2.19. The van der Waals surface area contributed by atoms with Crippen molar-refractivity contribution in [2.45, 2.75) is 13.5 Å². The van der Waals surface area contributed by atoms with Gasteiger partial charge in [-0.2, -0.15) is 0 Å². The third-order valence-corrected chi connectivity index (χ3v) is 2.79. The molecule has 0 aliphatic rings. The van der Waals surface area contributed by atoms with Gasteiger partial charge in [-0.05, 0) is 30.7 Å². The lowest BCUT2D eigenvalue weighted by Gasteiger charge is -2.09. The molecule has 0 aliphatic carbocycles. The van der Waals surface area contributed by atoms with Crippen LogP contribution in [-0.2, 0) is 6.61 Å². The van der Waals surface area contributed by atoms with Crippen LogP contribution in [0.5, 0.6) is 5.75 Å². The maximum Gasteiger partial charge on any atom is 0.336 e. The summed E-state index contributed by atoms with van der Waals surface area (Å²) in [4.78, 5) is 11.0. The molecular formula is C15H13FO3. The van der Waals surface area contributed by atoms with Gasteiger partial charge in [0, 0.05) is 5.56 Å². The molecule has 0 spiro atoms. The second kappa shape index (κ2) is 5.52. The van der Waals surface area contributed by atoms with E-state index in [0.29, 0.717) is 16.9 Å². The second-order valence-corrected chi connectivity index (χ2v) is 4.16. The van der Waals surface area contributed by atoms with Gasteiger partial charge in [0.05, 0.1) is 5.56 Å². The van der Waals surface area contributed by atoms with Crippen molar-refractivity contribution in [2.24, 2.45) is 0 Å². The maximum atomic E-state index is 13.4. The highest BCUT2D eigenvalue weighted by molar-refractivity contribution is 5.89. The summed E-state index contributed by atoms with van der Waals surface area (Å²) >= 11 is 0. The Bertz CT molecular complexity index is 608. The van der Waals surface area contributed by atoms with Crippen LogP contribution in [0.3, 0.4) is 0 Å². The van der Waals surface area contributed by atoms with Gasteiger partial charge in [-0.1, -0.05) is 24.3 Å². The molecule has 0 radical (unpaired) electrons. The number of carboxylic acids is 1. The minimum absolute atomic E-state index is 0.0643. The Hall–Kier alpha value is -2.36. The average Bonchev–Trinajstić information content (AvgIpc) is 2.39. The summed E-state index contributed by atoms with van der Waals surface area (Å²) in [5.74, 6) is -0.937. The predicted molar refractivity (Wildman–Crippen MR) is 68.9 cm³/mol. The van der Waals surface area contributed by atoms with E-state index in [1.165, 1.54) is 12.1 Å². The van der Waals surface area contributed by atoms with Crippen molar-refractivity contribution in [3.8, 4) is 5.75 Å². The minimum Gasteiger partial charge on any atom is -0.489 e. The number of hydrogen-bond donors (Lipinski definition) is 1. The first-order chi connectivity index (χ1) is 9.08. The molecule has 0 bridgehead atoms. The van der Waals surface area contributed by atoms with Crippen molar-refractivity contribution in [2.75, 3.05) is 0 Å². The van der Waals surface area contributed by atoms with Crippen LogP contribution in [0.1, 0.15) is 21.5 Å². The van der Waals surface area contributed by atoms with Gasteiger partial charge in [0.25, 0.3) is 0 Å². The molecule has 0 aromatic heterocycles. The SMILES string of the molecule is Cc1ccc(OCc2ccccc2F)cc1C(=O)O. The van der Waals surface area contributed by atoms with Crippen molar-refractivity contribution < 1.29 is 19.0 Å². The Labute approximate surface area is 110 Å². The van der Waals surface area contributed by atoms with Gasteiger partial charge in [-0.15, -0.1) is 0 Å². The molecule has 0 fully saturated rings. The summed E-state index contributed by atoms with van der Waals surface area (Å²) in [5, 5.41) is 9.00. The van der Waals surface area contributed by atoms with Gasteiger partial charge >= 0.3 is 5.97 Å². The van der Waals surface area contributed by atoms with Gasteiger partial charge in [-0.3, -0.25) is 0 Å². The zero-order valence-corrected chi connectivity index (χ0v) is 10.4. The predicted octanol–water partition coefficient (Wildman–Crippen LogP) is 3.41. The fourth-order valence-electron chi connectivity index (χ4n) is 1.70. The van der Waals surface area contributed by atoms with Gasteiger partial charge in [0.1, 0.15) is 18.2 Å². The molecule has 0 unspecified atom stereocenters. The monoisotopic (exact) mass is 260 g/mol. The molecule has 2 aromatic carbocycles. The van der Waals surface area contributed by atoms with Crippen LogP contribution >= 0.6 is 0 Å². The Morgan fingerprint density at radius 3 is 2.68 bits per heavy atom. The molecular weight excluding hydrogens is 247 g/mol.